The summed E-state index contributed by atoms with van der Waals surface area (Å²) in [6.45, 7) is 0. The third-order valence-electron chi connectivity index (χ3n) is 2.94. The molecule has 0 atom stereocenters. The van der Waals surface area contributed by atoms with E-state index in [-0.39, 0.29) is 11.7 Å². The number of carbonyl (C=O) groups excluding carboxylic acids is 2. The smallest absolute Gasteiger partial charge is 0.224 e. The van der Waals surface area contributed by atoms with Crippen LogP contribution < -0.4 is 5.32 Å². The maximum atomic E-state index is 11.8. The van der Waals surface area contributed by atoms with Crippen LogP contribution in [0.4, 0.5) is 5.69 Å². The molecule has 2 N–H and O–H groups in total. The molecule has 0 aromatic heterocycles. The van der Waals surface area contributed by atoms with E-state index in [9.17, 15) is 14.7 Å². The normalized spacial score (nSPS) is 10.0. The number of aryl methyl sites for hydroxylation is 1. The SMILES string of the molecule is O=Cc1ccccc1NC(=O)CCc1ccc(O)cc1. The molecule has 0 spiro atoms. The van der Waals surface area contributed by atoms with E-state index in [0.717, 1.165) is 11.8 Å². The van der Waals surface area contributed by atoms with E-state index >= 15 is 0 Å². The number of para-hydroxylation sites is 1. The molecule has 20 heavy (non-hydrogen) atoms. The number of hydrogen-bond acceptors (Lipinski definition) is 3. The molecular formula is C16H15NO3. The van der Waals surface area contributed by atoms with Crippen molar-refractivity contribution in [3.63, 3.8) is 0 Å². The lowest BCUT2D eigenvalue weighted by molar-refractivity contribution is -0.116. The number of aldehydes is 1. The van der Waals surface area contributed by atoms with Gasteiger partial charge in [0, 0.05) is 12.0 Å². The fourth-order valence-electron chi connectivity index (χ4n) is 1.85. The molecule has 0 aliphatic carbocycles. The number of phenols is 1. The van der Waals surface area contributed by atoms with Crippen LogP contribution in [0.1, 0.15) is 22.3 Å². The lowest BCUT2D eigenvalue weighted by Crippen LogP contribution is -2.13. The lowest BCUT2D eigenvalue weighted by atomic mass is 10.1. The summed E-state index contributed by atoms with van der Waals surface area (Å²) in [7, 11) is 0. The first-order valence-electron chi connectivity index (χ1n) is 6.31. The molecule has 4 heteroatoms. The van der Waals surface area contributed by atoms with Gasteiger partial charge in [0.25, 0.3) is 0 Å². The number of nitrogens with one attached hydrogen (secondary N) is 1. The van der Waals surface area contributed by atoms with Gasteiger partial charge in [-0.2, -0.15) is 0 Å². The highest BCUT2D eigenvalue weighted by molar-refractivity contribution is 5.96. The van der Waals surface area contributed by atoms with Crippen molar-refractivity contribution in [3.8, 4) is 5.75 Å². The molecule has 0 saturated carbocycles. The number of amides is 1. The van der Waals surface area contributed by atoms with Crippen molar-refractivity contribution in [2.24, 2.45) is 0 Å². The van der Waals surface area contributed by atoms with E-state index in [0.29, 0.717) is 24.1 Å². The zero-order valence-electron chi connectivity index (χ0n) is 10.9. The highest BCUT2D eigenvalue weighted by atomic mass is 16.3. The summed E-state index contributed by atoms with van der Waals surface area (Å²) >= 11 is 0. The van der Waals surface area contributed by atoms with E-state index in [1.807, 2.05) is 0 Å². The van der Waals surface area contributed by atoms with Crippen molar-refractivity contribution < 1.29 is 14.7 Å². The zero-order chi connectivity index (χ0) is 14.4. The summed E-state index contributed by atoms with van der Waals surface area (Å²) in [6.07, 6.45) is 1.61. The third-order valence-corrected chi connectivity index (χ3v) is 2.94. The Kier molecular flexibility index (Phi) is 4.50. The molecule has 0 aliphatic heterocycles. The Morgan fingerprint density at radius 2 is 1.80 bits per heavy atom. The molecule has 1 amide bonds. The van der Waals surface area contributed by atoms with Crippen LogP contribution in [0.25, 0.3) is 0 Å². The molecule has 0 saturated heterocycles. The quantitative estimate of drug-likeness (QED) is 0.820. The Balaban J connectivity index is 1.92. The Labute approximate surface area is 117 Å². The van der Waals surface area contributed by atoms with Crippen LogP contribution in [0.3, 0.4) is 0 Å². The van der Waals surface area contributed by atoms with Crippen LogP contribution in [0.15, 0.2) is 48.5 Å². The average molecular weight is 269 g/mol. The molecule has 0 radical (unpaired) electrons. The van der Waals surface area contributed by atoms with Crippen molar-refractivity contribution in [1.82, 2.24) is 0 Å². The van der Waals surface area contributed by atoms with Gasteiger partial charge in [-0.05, 0) is 36.2 Å². The van der Waals surface area contributed by atoms with Crippen LogP contribution in [0, 0.1) is 0 Å². The van der Waals surface area contributed by atoms with Crippen LogP contribution in [0.5, 0.6) is 5.75 Å². The fourth-order valence-corrected chi connectivity index (χ4v) is 1.85. The average Bonchev–Trinajstić information content (AvgIpc) is 2.47. The highest BCUT2D eigenvalue weighted by Crippen LogP contribution is 2.14. The van der Waals surface area contributed by atoms with Gasteiger partial charge in [0.2, 0.25) is 5.91 Å². The summed E-state index contributed by atoms with van der Waals surface area (Å²) in [4.78, 5) is 22.7. The summed E-state index contributed by atoms with van der Waals surface area (Å²) in [6, 6.07) is 13.6. The van der Waals surface area contributed by atoms with Gasteiger partial charge in [0.1, 0.15) is 5.75 Å². The predicted molar refractivity (Wildman–Crippen MR) is 76.9 cm³/mol. The summed E-state index contributed by atoms with van der Waals surface area (Å²) in [5.74, 6) is 0.0606. The number of phenolic OH excluding ortho intramolecular Hbond substituents is 1. The molecule has 0 aliphatic rings. The number of benzene rings is 2. The number of aromatic hydroxyl groups is 1. The summed E-state index contributed by atoms with van der Waals surface area (Å²) < 4.78 is 0. The predicted octanol–water partition coefficient (Wildman–Crippen LogP) is 2.78. The number of anilines is 1. The lowest BCUT2D eigenvalue weighted by Gasteiger charge is -2.07. The Bertz CT molecular complexity index is 605. The van der Waals surface area contributed by atoms with E-state index in [4.69, 9.17) is 0 Å². The second-order valence-corrected chi connectivity index (χ2v) is 4.42. The van der Waals surface area contributed by atoms with Crippen molar-refractivity contribution in [3.05, 3.63) is 59.7 Å². The van der Waals surface area contributed by atoms with Crippen LogP contribution >= 0.6 is 0 Å². The number of rotatable bonds is 5. The first-order valence-corrected chi connectivity index (χ1v) is 6.31. The molecule has 0 unspecified atom stereocenters. The van der Waals surface area contributed by atoms with Crippen LogP contribution in [0.2, 0.25) is 0 Å². The van der Waals surface area contributed by atoms with Gasteiger partial charge in [-0.25, -0.2) is 0 Å². The monoisotopic (exact) mass is 269 g/mol. The molecule has 0 fully saturated rings. The standard InChI is InChI=1S/C16H15NO3/c18-11-13-3-1-2-4-15(13)17-16(20)10-7-12-5-8-14(19)9-6-12/h1-6,8-9,11,19H,7,10H2,(H,17,20). The summed E-state index contributed by atoms with van der Waals surface area (Å²) in [5.41, 5.74) is 1.96. The molecule has 102 valence electrons. The minimum atomic E-state index is -0.146. The topological polar surface area (TPSA) is 66.4 Å². The van der Waals surface area contributed by atoms with Crippen molar-refractivity contribution in [2.75, 3.05) is 5.32 Å². The molecule has 2 aromatic carbocycles. The van der Waals surface area contributed by atoms with E-state index < -0.39 is 0 Å². The van der Waals surface area contributed by atoms with E-state index in [2.05, 4.69) is 5.32 Å². The van der Waals surface area contributed by atoms with Gasteiger partial charge in [0.15, 0.2) is 6.29 Å². The van der Waals surface area contributed by atoms with Gasteiger partial charge in [-0.15, -0.1) is 0 Å². The highest BCUT2D eigenvalue weighted by Gasteiger charge is 2.06. The largest absolute Gasteiger partial charge is 0.508 e. The van der Waals surface area contributed by atoms with Crippen molar-refractivity contribution in [1.29, 1.82) is 0 Å². The number of hydrogen-bond donors (Lipinski definition) is 2. The first kappa shape index (κ1) is 13.8. The maximum Gasteiger partial charge on any atom is 0.224 e. The minimum absolute atomic E-state index is 0.146. The molecule has 2 rings (SSSR count). The molecule has 0 bridgehead atoms. The van der Waals surface area contributed by atoms with Crippen molar-refractivity contribution >= 4 is 17.9 Å². The third kappa shape index (κ3) is 3.68. The van der Waals surface area contributed by atoms with Gasteiger partial charge in [-0.3, -0.25) is 9.59 Å². The second-order valence-electron chi connectivity index (χ2n) is 4.42. The van der Waals surface area contributed by atoms with Crippen LogP contribution in [-0.2, 0) is 11.2 Å². The molecule has 4 nitrogen and oxygen atoms in total. The first-order chi connectivity index (χ1) is 9.69. The van der Waals surface area contributed by atoms with Gasteiger partial charge in [0.05, 0.1) is 5.69 Å². The minimum Gasteiger partial charge on any atom is -0.508 e. The Morgan fingerprint density at radius 3 is 2.50 bits per heavy atom. The van der Waals surface area contributed by atoms with Crippen LogP contribution in [-0.4, -0.2) is 17.3 Å². The van der Waals surface area contributed by atoms with Gasteiger partial charge >= 0.3 is 0 Å². The maximum absolute atomic E-state index is 11.8. The van der Waals surface area contributed by atoms with E-state index in [1.54, 1.807) is 48.5 Å². The molecular weight excluding hydrogens is 254 g/mol. The second kappa shape index (κ2) is 6.52. The summed E-state index contributed by atoms with van der Waals surface area (Å²) in [5, 5.41) is 11.9. The van der Waals surface area contributed by atoms with Crippen molar-refractivity contribution in [2.45, 2.75) is 12.8 Å². The van der Waals surface area contributed by atoms with E-state index in [1.165, 1.54) is 0 Å². The van der Waals surface area contributed by atoms with Gasteiger partial charge < -0.3 is 10.4 Å². The fraction of sp³-hybridized carbons (Fsp3) is 0.125. The number of carbonyl (C=O) groups is 2. The molecule has 0 heterocycles. The Morgan fingerprint density at radius 1 is 1.10 bits per heavy atom. The molecule has 2 aromatic rings. The van der Waals surface area contributed by atoms with Gasteiger partial charge in [-0.1, -0.05) is 24.3 Å². The Hall–Kier alpha value is -2.62. The zero-order valence-corrected chi connectivity index (χ0v) is 10.9.